The molecule has 0 radical (unpaired) electrons. The van der Waals surface area contributed by atoms with Gasteiger partial charge in [-0.05, 0) is 61.5 Å². The van der Waals surface area contributed by atoms with E-state index in [0.717, 1.165) is 31.2 Å². The highest BCUT2D eigenvalue weighted by Gasteiger charge is 2.15. The topological polar surface area (TPSA) is 30.5 Å². The van der Waals surface area contributed by atoms with Gasteiger partial charge in [-0.2, -0.15) is 0 Å². The lowest BCUT2D eigenvalue weighted by atomic mass is 9.89. The van der Waals surface area contributed by atoms with Crippen LogP contribution in [0.1, 0.15) is 24.0 Å². The summed E-state index contributed by atoms with van der Waals surface area (Å²) in [5.74, 6) is 1.73. The Balaban J connectivity index is 2.11. The first kappa shape index (κ1) is 13.4. The maximum absolute atomic E-state index is 5.32. The Kier molecular flexibility index (Phi) is 5.02. The Morgan fingerprint density at radius 2 is 1.94 bits per heavy atom. The highest BCUT2D eigenvalue weighted by molar-refractivity contribution is 5.35. The van der Waals surface area contributed by atoms with Crippen LogP contribution in [-0.4, -0.2) is 27.3 Å². The second-order valence-corrected chi connectivity index (χ2v) is 4.97. The van der Waals surface area contributed by atoms with E-state index in [0.29, 0.717) is 6.61 Å². The van der Waals surface area contributed by atoms with Crippen LogP contribution in [0.5, 0.6) is 5.75 Å². The molecule has 1 aromatic rings. The van der Waals surface area contributed by atoms with Gasteiger partial charge in [0, 0.05) is 7.11 Å². The Bertz CT molecular complexity index is 373. The first-order chi connectivity index (χ1) is 8.83. The largest absolute Gasteiger partial charge is 0.497 e. The van der Waals surface area contributed by atoms with Crippen LogP contribution >= 0.6 is 0 Å². The summed E-state index contributed by atoms with van der Waals surface area (Å²) in [5, 5.41) is 3.41. The smallest absolute Gasteiger partial charge is 0.119 e. The molecule has 1 aromatic carbocycles. The van der Waals surface area contributed by atoms with E-state index in [1.165, 1.54) is 24.0 Å². The fraction of sp³-hybridized carbons (Fsp3) is 0.600. The second kappa shape index (κ2) is 6.76. The summed E-state index contributed by atoms with van der Waals surface area (Å²) in [6, 6.07) is 6.30. The number of piperidine rings is 1. The van der Waals surface area contributed by atoms with Crippen molar-refractivity contribution in [3.8, 4) is 5.75 Å². The van der Waals surface area contributed by atoms with E-state index in [-0.39, 0.29) is 0 Å². The van der Waals surface area contributed by atoms with Crippen molar-refractivity contribution in [2.24, 2.45) is 5.92 Å². The fourth-order valence-electron chi connectivity index (χ4n) is 2.61. The molecule has 1 saturated heterocycles. The molecule has 1 N–H and O–H groups in total. The molecule has 3 heteroatoms. The predicted molar refractivity (Wildman–Crippen MR) is 73.0 cm³/mol. The molecule has 0 bridgehead atoms. The molecule has 1 aliphatic rings. The monoisotopic (exact) mass is 249 g/mol. The van der Waals surface area contributed by atoms with Crippen LogP contribution < -0.4 is 10.1 Å². The predicted octanol–water partition coefficient (Wildman–Crippen LogP) is 2.38. The first-order valence-electron chi connectivity index (χ1n) is 6.69. The first-order valence-corrected chi connectivity index (χ1v) is 6.69. The Labute approximate surface area is 109 Å². The molecule has 0 atom stereocenters. The van der Waals surface area contributed by atoms with Gasteiger partial charge < -0.3 is 14.8 Å². The number of nitrogens with one attached hydrogen (secondary N) is 1. The van der Waals surface area contributed by atoms with E-state index >= 15 is 0 Å². The molecule has 1 heterocycles. The minimum Gasteiger partial charge on any atom is -0.497 e. The summed E-state index contributed by atoms with van der Waals surface area (Å²) in [7, 11) is 3.47. The SMILES string of the molecule is COCc1ccc(OC)cc1CC1CCNCC1. The van der Waals surface area contributed by atoms with Gasteiger partial charge in [-0.3, -0.25) is 0 Å². The molecule has 18 heavy (non-hydrogen) atoms. The molecule has 0 saturated carbocycles. The van der Waals surface area contributed by atoms with Gasteiger partial charge in [0.15, 0.2) is 0 Å². The van der Waals surface area contributed by atoms with E-state index in [2.05, 4.69) is 17.4 Å². The molecule has 0 amide bonds. The van der Waals surface area contributed by atoms with Crippen LogP contribution in [0, 0.1) is 5.92 Å². The molecule has 100 valence electrons. The zero-order valence-corrected chi connectivity index (χ0v) is 11.4. The van der Waals surface area contributed by atoms with Gasteiger partial charge in [0.1, 0.15) is 5.75 Å². The lowest BCUT2D eigenvalue weighted by molar-refractivity contribution is 0.183. The maximum atomic E-state index is 5.32. The van der Waals surface area contributed by atoms with E-state index in [1.54, 1.807) is 14.2 Å². The zero-order valence-electron chi connectivity index (χ0n) is 11.4. The van der Waals surface area contributed by atoms with Gasteiger partial charge in [0.25, 0.3) is 0 Å². The molecule has 0 spiro atoms. The van der Waals surface area contributed by atoms with Gasteiger partial charge in [0.2, 0.25) is 0 Å². The number of benzene rings is 1. The standard InChI is InChI=1S/C15H23NO2/c1-17-11-13-3-4-15(18-2)10-14(13)9-12-5-7-16-8-6-12/h3-4,10,12,16H,5-9,11H2,1-2H3. The second-order valence-electron chi connectivity index (χ2n) is 4.97. The summed E-state index contributed by atoms with van der Waals surface area (Å²) >= 11 is 0. The Hall–Kier alpha value is -1.06. The molecular formula is C15H23NO2. The lowest BCUT2D eigenvalue weighted by Crippen LogP contribution is -2.28. The highest BCUT2D eigenvalue weighted by atomic mass is 16.5. The quantitative estimate of drug-likeness (QED) is 0.869. The minimum absolute atomic E-state index is 0.685. The lowest BCUT2D eigenvalue weighted by Gasteiger charge is -2.23. The molecule has 0 aliphatic carbocycles. The van der Waals surface area contributed by atoms with Crippen molar-refractivity contribution in [1.82, 2.24) is 5.32 Å². The van der Waals surface area contributed by atoms with Crippen LogP contribution in [0.2, 0.25) is 0 Å². The van der Waals surface area contributed by atoms with Gasteiger partial charge in [-0.15, -0.1) is 0 Å². The molecule has 3 nitrogen and oxygen atoms in total. The van der Waals surface area contributed by atoms with E-state index in [9.17, 15) is 0 Å². The molecule has 0 unspecified atom stereocenters. The van der Waals surface area contributed by atoms with Crippen molar-refractivity contribution >= 4 is 0 Å². The fourth-order valence-corrected chi connectivity index (χ4v) is 2.61. The third kappa shape index (κ3) is 3.47. The van der Waals surface area contributed by atoms with Crippen molar-refractivity contribution in [2.75, 3.05) is 27.3 Å². The number of ether oxygens (including phenoxy) is 2. The summed E-state index contributed by atoms with van der Waals surface area (Å²) < 4.78 is 10.6. The summed E-state index contributed by atoms with van der Waals surface area (Å²) in [4.78, 5) is 0. The number of hydrogen-bond donors (Lipinski definition) is 1. The Morgan fingerprint density at radius 3 is 2.61 bits per heavy atom. The summed E-state index contributed by atoms with van der Waals surface area (Å²) in [6.07, 6.45) is 3.67. The van der Waals surface area contributed by atoms with Gasteiger partial charge >= 0.3 is 0 Å². The van der Waals surface area contributed by atoms with Crippen molar-refractivity contribution < 1.29 is 9.47 Å². The van der Waals surface area contributed by atoms with Crippen LogP contribution in [0.25, 0.3) is 0 Å². The average molecular weight is 249 g/mol. The van der Waals surface area contributed by atoms with E-state index in [4.69, 9.17) is 9.47 Å². The van der Waals surface area contributed by atoms with Crippen LogP contribution in [-0.2, 0) is 17.8 Å². The molecule has 1 fully saturated rings. The number of hydrogen-bond acceptors (Lipinski definition) is 3. The highest BCUT2D eigenvalue weighted by Crippen LogP contribution is 2.24. The van der Waals surface area contributed by atoms with Crippen molar-refractivity contribution in [2.45, 2.75) is 25.9 Å². The normalized spacial score (nSPS) is 16.8. The van der Waals surface area contributed by atoms with E-state index < -0.39 is 0 Å². The summed E-state index contributed by atoms with van der Waals surface area (Å²) in [6.45, 7) is 2.98. The number of rotatable bonds is 5. The van der Waals surface area contributed by atoms with Crippen LogP contribution in [0.3, 0.4) is 0 Å². The van der Waals surface area contributed by atoms with E-state index in [1.807, 2.05) is 6.07 Å². The third-order valence-electron chi connectivity index (χ3n) is 3.68. The third-order valence-corrected chi connectivity index (χ3v) is 3.68. The van der Waals surface area contributed by atoms with Crippen LogP contribution in [0.15, 0.2) is 18.2 Å². The summed E-state index contributed by atoms with van der Waals surface area (Å²) in [5.41, 5.74) is 2.67. The molecule has 0 aromatic heterocycles. The van der Waals surface area contributed by atoms with Gasteiger partial charge in [0.05, 0.1) is 13.7 Å². The van der Waals surface area contributed by atoms with Crippen LogP contribution in [0.4, 0.5) is 0 Å². The zero-order chi connectivity index (χ0) is 12.8. The molecule has 2 rings (SSSR count). The Morgan fingerprint density at radius 1 is 1.17 bits per heavy atom. The minimum atomic E-state index is 0.685. The van der Waals surface area contributed by atoms with Gasteiger partial charge in [-0.25, -0.2) is 0 Å². The number of methoxy groups -OCH3 is 2. The van der Waals surface area contributed by atoms with Crippen molar-refractivity contribution in [1.29, 1.82) is 0 Å². The van der Waals surface area contributed by atoms with Crippen molar-refractivity contribution in [3.63, 3.8) is 0 Å². The average Bonchev–Trinajstić information content (AvgIpc) is 2.42. The molecule has 1 aliphatic heterocycles. The van der Waals surface area contributed by atoms with Gasteiger partial charge in [-0.1, -0.05) is 6.07 Å². The molecular weight excluding hydrogens is 226 g/mol. The maximum Gasteiger partial charge on any atom is 0.119 e. The van der Waals surface area contributed by atoms with Crippen molar-refractivity contribution in [3.05, 3.63) is 29.3 Å².